The van der Waals surface area contributed by atoms with Crippen molar-refractivity contribution in [3.63, 3.8) is 0 Å². The summed E-state index contributed by atoms with van der Waals surface area (Å²) >= 11 is 11.6. The molecule has 0 saturated carbocycles. The van der Waals surface area contributed by atoms with Crippen molar-refractivity contribution in [3.8, 4) is 11.5 Å². The molecule has 0 aliphatic carbocycles. The first kappa shape index (κ1) is 30.7. The van der Waals surface area contributed by atoms with Gasteiger partial charge in [0.2, 0.25) is 0 Å². The fourth-order valence-electron chi connectivity index (χ4n) is 4.58. The summed E-state index contributed by atoms with van der Waals surface area (Å²) < 4.78 is 51.8. The normalized spacial score (nSPS) is 15.1. The van der Waals surface area contributed by atoms with E-state index in [1.807, 2.05) is 24.3 Å². The first-order valence-corrected chi connectivity index (χ1v) is 13.8. The molecule has 9 nitrogen and oxygen atoms in total. The highest BCUT2D eigenvalue weighted by atomic mass is 35.5. The van der Waals surface area contributed by atoms with Crippen molar-refractivity contribution in [1.29, 1.82) is 0 Å². The molecular weight excluding hydrogens is 588 g/mol. The molecule has 0 bridgehead atoms. The molecule has 0 amide bonds. The van der Waals surface area contributed by atoms with Crippen LogP contribution in [0.1, 0.15) is 31.2 Å². The third-order valence-corrected chi connectivity index (χ3v) is 7.53. The molecule has 0 spiro atoms. The Morgan fingerprint density at radius 3 is 2.41 bits per heavy atom. The largest absolute Gasteiger partial charge is 0.494 e. The highest BCUT2D eigenvalue weighted by Crippen LogP contribution is 2.37. The number of piperidine rings is 1. The van der Waals surface area contributed by atoms with Crippen LogP contribution in [0, 0.1) is 16.0 Å². The molecule has 1 aliphatic heterocycles. The topological polar surface area (TPSA) is 103 Å². The number of ether oxygens (including phenoxy) is 2. The van der Waals surface area contributed by atoms with Gasteiger partial charge < -0.3 is 29.6 Å². The van der Waals surface area contributed by atoms with E-state index in [0.29, 0.717) is 18.3 Å². The lowest BCUT2D eigenvalue weighted by atomic mass is 9.93. The molecule has 41 heavy (non-hydrogen) atoms. The van der Waals surface area contributed by atoms with Gasteiger partial charge in [0.1, 0.15) is 24.3 Å². The first-order valence-electron chi connectivity index (χ1n) is 13.0. The highest BCUT2D eigenvalue weighted by molar-refractivity contribution is 6.31. The van der Waals surface area contributed by atoms with Crippen LogP contribution in [0.2, 0.25) is 10.3 Å². The molecule has 14 heteroatoms. The predicted octanol–water partition coefficient (Wildman–Crippen LogP) is 6.63. The summed E-state index contributed by atoms with van der Waals surface area (Å²) in [6.07, 6.45) is -1.21. The number of benzene rings is 2. The van der Waals surface area contributed by atoms with Crippen molar-refractivity contribution in [2.75, 3.05) is 31.2 Å². The van der Waals surface area contributed by atoms with Gasteiger partial charge in [0, 0.05) is 25.3 Å². The number of aryl methyl sites for hydroxylation is 1. The van der Waals surface area contributed by atoms with Crippen LogP contribution in [0.25, 0.3) is 0 Å². The van der Waals surface area contributed by atoms with Crippen LogP contribution in [0.4, 0.5) is 24.7 Å². The SMILES string of the molecule is O=[N+]([O-])c1cn(CCC(O)COc2ccc(N3CCC(CCOc4ccc(Cl)c(C(F)(F)F)c4)CC3)cc2)c(Cl)n1. The van der Waals surface area contributed by atoms with Gasteiger partial charge in [-0.1, -0.05) is 11.6 Å². The van der Waals surface area contributed by atoms with Gasteiger partial charge in [0.05, 0.1) is 23.3 Å². The van der Waals surface area contributed by atoms with Gasteiger partial charge in [-0.25, -0.2) is 0 Å². The quantitative estimate of drug-likeness (QED) is 0.180. The fraction of sp³-hybridized carbons (Fsp3) is 0.444. The Hall–Kier alpha value is -3.22. The van der Waals surface area contributed by atoms with Gasteiger partial charge in [0.25, 0.3) is 0 Å². The van der Waals surface area contributed by atoms with E-state index in [2.05, 4.69) is 9.88 Å². The Morgan fingerprint density at radius 1 is 1.10 bits per heavy atom. The van der Waals surface area contributed by atoms with Crippen molar-refractivity contribution in [2.24, 2.45) is 5.92 Å². The van der Waals surface area contributed by atoms with Crippen LogP contribution >= 0.6 is 23.2 Å². The van der Waals surface area contributed by atoms with Gasteiger partial charge >= 0.3 is 17.3 Å². The monoisotopic (exact) mass is 616 g/mol. The molecular formula is C27H29Cl2F3N4O5. The van der Waals surface area contributed by atoms with Crippen molar-refractivity contribution in [1.82, 2.24) is 9.55 Å². The number of hydrogen-bond donors (Lipinski definition) is 1. The number of anilines is 1. The van der Waals surface area contributed by atoms with Crippen LogP contribution in [0.15, 0.2) is 48.7 Å². The summed E-state index contributed by atoms with van der Waals surface area (Å²) in [6, 6.07) is 11.2. The molecule has 1 N–H and O–H groups in total. The Bertz CT molecular complexity index is 1320. The molecule has 1 unspecified atom stereocenters. The number of aliphatic hydroxyl groups excluding tert-OH is 1. The molecule has 1 saturated heterocycles. The van der Waals surface area contributed by atoms with E-state index >= 15 is 0 Å². The number of rotatable bonds is 12. The van der Waals surface area contributed by atoms with Gasteiger partial charge in [-0.15, -0.1) is 0 Å². The zero-order valence-corrected chi connectivity index (χ0v) is 23.4. The number of imidazole rings is 1. The number of alkyl halides is 3. The third kappa shape index (κ3) is 8.64. The average molecular weight is 617 g/mol. The molecule has 1 aromatic heterocycles. The minimum absolute atomic E-state index is 0.0151. The van der Waals surface area contributed by atoms with Crippen molar-refractivity contribution in [2.45, 2.75) is 44.5 Å². The molecule has 1 fully saturated rings. The third-order valence-electron chi connectivity index (χ3n) is 6.90. The summed E-state index contributed by atoms with van der Waals surface area (Å²) in [7, 11) is 0. The molecule has 1 aliphatic rings. The summed E-state index contributed by atoms with van der Waals surface area (Å²) in [6.45, 7) is 2.33. The summed E-state index contributed by atoms with van der Waals surface area (Å²) in [5, 5.41) is 20.7. The highest BCUT2D eigenvalue weighted by Gasteiger charge is 2.33. The number of halogens is 5. The predicted molar refractivity (Wildman–Crippen MR) is 148 cm³/mol. The lowest BCUT2D eigenvalue weighted by molar-refractivity contribution is -0.389. The number of aliphatic hydroxyl groups is 1. The van der Waals surface area contributed by atoms with Gasteiger partial charge in [-0.05, 0) is 95.6 Å². The maximum Gasteiger partial charge on any atom is 0.417 e. The fourth-order valence-corrected chi connectivity index (χ4v) is 5.02. The zero-order valence-electron chi connectivity index (χ0n) is 21.9. The van der Waals surface area contributed by atoms with E-state index in [9.17, 15) is 28.4 Å². The van der Waals surface area contributed by atoms with Crippen LogP contribution < -0.4 is 14.4 Å². The Kier molecular flexibility index (Phi) is 10.2. The second-order valence-corrected chi connectivity index (χ2v) is 10.5. The smallest absolute Gasteiger partial charge is 0.417 e. The minimum Gasteiger partial charge on any atom is -0.494 e. The van der Waals surface area contributed by atoms with Gasteiger partial charge in [-0.2, -0.15) is 13.2 Å². The van der Waals surface area contributed by atoms with Crippen molar-refractivity contribution >= 4 is 34.7 Å². The summed E-state index contributed by atoms with van der Waals surface area (Å²) in [4.78, 5) is 16.1. The first-order chi connectivity index (χ1) is 19.5. The van der Waals surface area contributed by atoms with Crippen LogP contribution in [-0.2, 0) is 12.7 Å². The average Bonchev–Trinajstić information content (AvgIpc) is 3.32. The number of nitrogens with zero attached hydrogens (tertiary/aromatic N) is 4. The maximum atomic E-state index is 13.0. The number of aromatic nitrogens is 2. The second kappa shape index (κ2) is 13.6. The number of hydrogen-bond acceptors (Lipinski definition) is 7. The lowest BCUT2D eigenvalue weighted by Gasteiger charge is -2.33. The summed E-state index contributed by atoms with van der Waals surface area (Å²) in [5.74, 6) is 0.821. The van der Waals surface area contributed by atoms with Crippen LogP contribution in [0.3, 0.4) is 0 Å². The number of nitro groups is 1. The Morgan fingerprint density at radius 2 is 1.78 bits per heavy atom. The molecule has 222 valence electrons. The minimum atomic E-state index is -4.53. The van der Waals surface area contributed by atoms with Gasteiger partial charge in [-0.3, -0.25) is 4.57 Å². The standard InChI is InChI=1S/C27H29Cl2F3N4O5/c28-24-6-5-22(15-23(24)27(30,31)32)40-14-10-18-7-11-34(12-8-18)19-1-3-21(4-2-19)41-17-20(37)9-13-35-16-25(36(38)39)33-26(35)29/h1-6,15-16,18,20,37H,7-14,17H2. The molecule has 4 rings (SSSR count). The van der Waals surface area contributed by atoms with E-state index in [-0.39, 0.29) is 41.4 Å². The second-order valence-electron chi connectivity index (χ2n) is 9.77. The summed E-state index contributed by atoms with van der Waals surface area (Å²) in [5.41, 5.74) is 0.147. The van der Waals surface area contributed by atoms with E-state index in [0.717, 1.165) is 44.1 Å². The zero-order chi connectivity index (χ0) is 29.6. The van der Waals surface area contributed by atoms with Gasteiger partial charge in [0.15, 0.2) is 0 Å². The Balaban J connectivity index is 1.16. The maximum absolute atomic E-state index is 13.0. The van der Waals surface area contributed by atoms with E-state index in [1.54, 1.807) is 0 Å². The lowest BCUT2D eigenvalue weighted by Crippen LogP contribution is -2.34. The Labute approximate surface area is 244 Å². The van der Waals surface area contributed by atoms with E-state index in [4.69, 9.17) is 32.7 Å². The molecule has 3 aromatic rings. The molecule has 1 atom stereocenters. The van der Waals surface area contributed by atoms with Crippen molar-refractivity contribution in [3.05, 3.63) is 74.6 Å². The molecule has 2 aromatic carbocycles. The van der Waals surface area contributed by atoms with E-state index < -0.39 is 22.8 Å². The van der Waals surface area contributed by atoms with Crippen LogP contribution in [-0.4, -0.2) is 52.0 Å². The molecule has 0 radical (unpaired) electrons. The van der Waals surface area contributed by atoms with E-state index in [1.165, 1.54) is 22.9 Å². The van der Waals surface area contributed by atoms with Crippen molar-refractivity contribution < 1.29 is 32.7 Å². The van der Waals surface area contributed by atoms with Crippen LogP contribution in [0.5, 0.6) is 11.5 Å². The molecule has 2 heterocycles.